The Morgan fingerprint density at radius 3 is 2.62 bits per heavy atom. The van der Waals surface area contributed by atoms with E-state index in [-0.39, 0.29) is 11.0 Å². The first kappa shape index (κ1) is 13.7. The number of fused-ring (bicyclic) bond motifs is 1. The number of aromatic carboxylic acids is 1. The lowest BCUT2D eigenvalue weighted by atomic mass is 9.96. The Bertz CT molecular complexity index is 829. The molecule has 2 aromatic heterocycles. The molecule has 0 radical (unpaired) electrons. The molecule has 0 atom stereocenters. The summed E-state index contributed by atoms with van der Waals surface area (Å²) >= 11 is 1.33. The van der Waals surface area contributed by atoms with Gasteiger partial charge in [-0.3, -0.25) is 0 Å². The summed E-state index contributed by atoms with van der Waals surface area (Å²) in [4.78, 5) is 12.0. The molecule has 1 N–H and O–H groups in total. The van der Waals surface area contributed by atoms with Crippen molar-refractivity contribution in [3.63, 3.8) is 0 Å². The lowest BCUT2D eigenvalue weighted by molar-refractivity contribution is 0.0697. The van der Waals surface area contributed by atoms with E-state index >= 15 is 0 Å². The van der Waals surface area contributed by atoms with Crippen molar-refractivity contribution in [2.75, 3.05) is 0 Å². The molecular formula is C14H14N4O2S. The normalized spacial score (nSPS) is 12.0. The minimum absolute atomic E-state index is 0.183. The molecule has 0 fully saturated rings. The van der Waals surface area contributed by atoms with E-state index in [2.05, 4.69) is 15.3 Å². The number of carbonyl (C=O) groups is 1. The number of hydrogen-bond acceptors (Lipinski definition) is 5. The van der Waals surface area contributed by atoms with Crippen molar-refractivity contribution in [3.05, 3.63) is 35.7 Å². The van der Waals surface area contributed by atoms with E-state index in [9.17, 15) is 9.90 Å². The molecule has 0 amide bonds. The van der Waals surface area contributed by atoms with Gasteiger partial charge in [0.1, 0.15) is 5.01 Å². The van der Waals surface area contributed by atoms with Crippen LogP contribution < -0.4 is 0 Å². The van der Waals surface area contributed by atoms with Gasteiger partial charge in [0.05, 0.1) is 5.56 Å². The number of carboxylic acids is 1. The van der Waals surface area contributed by atoms with Crippen LogP contribution in [0.3, 0.4) is 0 Å². The molecule has 0 spiro atoms. The number of aromatic nitrogens is 4. The fourth-order valence-electron chi connectivity index (χ4n) is 2.05. The van der Waals surface area contributed by atoms with Crippen molar-refractivity contribution in [1.82, 2.24) is 19.8 Å². The summed E-state index contributed by atoms with van der Waals surface area (Å²) in [7, 11) is 0. The molecule has 0 bridgehead atoms. The Kier molecular flexibility index (Phi) is 3.02. The van der Waals surface area contributed by atoms with Crippen LogP contribution in [-0.2, 0) is 5.41 Å². The molecule has 1 aromatic carbocycles. The first-order valence-corrected chi connectivity index (χ1v) is 7.25. The van der Waals surface area contributed by atoms with Crippen molar-refractivity contribution < 1.29 is 9.90 Å². The van der Waals surface area contributed by atoms with Gasteiger partial charge in [-0.25, -0.2) is 4.79 Å². The van der Waals surface area contributed by atoms with Crippen LogP contribution in [0.1, 0.15) is 37.0 Å². The number of hydrogen-bond donors (Lipinski definition) is 1. The predicted octanol–water partition coefficient (Wildman–Crippen LogP) is 2.85. The van der Waals surface area contributed by atoms with Gasteiger partial charge in [-0.1, -0.05) is 50.3 Å². The average Bonchev–Trinajstić information content (AvgIpc) is 2.96. The van der Waals surface area contributed by atoms with E-state index in [0.29, 0.717) is 15.5 Å². The van der Waals surface area contributed by atoms with Crippen molar-refractivity contribution in [2.24, 2.45) is 0 Å². The van der Waals surface area contributed by atoms with Gasteiger partial charge in [-0.2, -0.15) is 9.61 Å². The molecule has 7 heteroatoms. The maximum atomic E-state index is 11.3. The zero-order chi connectivity index (χ0) is 15.2. The number of rotatable bonds is 2. The van der Waals surface area contributed by atoms with E-state index in [4.69, 9.17) is 0 Å². The second kappa shape index (κ2) is 4.63. The van der Waals surface area contributed by atoms with Crippen LogP contribution in [0.2, 0.25) is 0 Å². The average molecular weight is 302 g/mol. The SMILES string of the molecule is CC(C)(C)c1nnc2sc(-c3ccccc3C(=O)O)nn12. The summed E-state index contributed by atoms with van der Waals surface area (Å²) in [5, 5.41) is 22.7. The van der Waals surface area contributed by atoms with Crippen molar-refractivity contribution in [1.29, 1.82) is 0 Å². The summed E-state index contributed by atoms with van der Waals surface area (Å²) in [5.41, 5.74) is 0.650. The Balaban J connectivity index is 2.19. The molecular weight excluding hydrogens is 288 g/mol. The van der Waals surface area contributed by atoms with Gasteiger partial charge in [-0.15, -0.1) is 10.2 Å². The molecule has 0 aliphatic rings. The fourth-order valence-corrected chi connectivity index (χ4v) is 2.93. The third-order valence-electron chi connectivity index (χ3n) is 3.05. The van der Waals surface area contributed by atoms with E-state index < -0.39 is 5.97 Å². The maximum absolute atomic E-state index is 11.3. The molecule has 0 aliphatic heterocycles. The van der Waals surface area contributed by atoms with Crippen molar-refractivity contribution >= 4 is 22.3 Å². The highest BCUT2D eigenvalue weighted by molar-refractivity contribution is 7.19. The van der Waals surface area contributed by atoms with Crippen LogP contribution >= 0.6 is 11.3 Å². The molecule has 3 rings (SSSR count). The lowest BCUT2D eigenvalue weighted by Gasteiger charge is -2.13. The molecule has 2 heterocycles. The first-order chi connectivity index (χ1) is 9.88. The summed E-state index contributed by atoms with van der Waals surface area (Å²) in [6, 6.07) is 6.83. The van der Waals surface area contributed by atoms with Crippen LogP contribution in [0.5, 0.6) is 0 Å². The lowest BCUT2D eigenvalue weighted by Crippen LogP contribution is -2.16. The van der Waals surface area contributed by atoms with Gasteiger partial charge < -0.3 is 5.11 Å². The van der Waals surface area contributed by atoms with Crippen LogP contribution in [0.4, 0.5) is 0 Å². The van der Waals surface area contributed by atoms with Crippen LogP contribution in [0.25, 0.3) is 15.5 Å². The molecule has 0 saturated heterocycles. The van der Waals surface area contributed by atoms with Gasteiger partial charge >= 0.3 is 5.97 Å². The minimum Gasteiger partial charge on any atom is -0.478 e. The van der Waals surface area contributed by atoms with Gasteiger partial charge in [-0.05, 0) is 6.07 Å². The Hall–Kier alpha value is -2.28. The number of benzene rings is 1. The third kappa shape index (κ3) is 2.29. The summed E-state index contributed by atoms with van der Waals surface area (Å²) in [5.74, 6) is -0.208. The quantitative estimate of drug-likeness (QED) is 0.787. The monoisotopic (exact) mass is 302 g/mol. The number of nitrogens with zero attached hydrogens (tertiary/aromatic N) is 4. The molecule has 108 valence electrons. The highest BCUT2D eigenvalue weighted by Gasteiger charge is 2.24. The fraction of sp³-hybridized carbons (Fsp3) is 0.286. The highest BCUT2D eigenvalue weighted by atomic mass is 32.1. The Labute approximate surface area is 125 Å². The maximum Gasteiger partial charge on any atom is 0.336 e. The van der Waals surface area contributed by atoms with E-state index in [0.717, 1.165) is 5.82 Å². The second-order valence-corrected chi connectivity index (χ2v) is 6.68. The Morgan fingerprint density at radius 1 is 1.24 bits per heavy atom. The topological polar surface area (TPSA) is 80.4 Å². The predicted molar refractivity (Wildman–Crippen MR) is 79.8 cm³/mol. The van der Waals surface area contributed by atoms with Crippen molar-refractivity contribution in [3.8, 4) is 10.6 Å². The standard InChI is InChI=1S/C14H14N4O2S/c1-14(2,3)12-15-16-13-18(12)17-10(21-13)8-6-4-5-7-9(8)11(19)20/h4-7H,1-3H3,(H,19,20). The van der Waals surface area contributed by atoms with Crippen LogP contribution in [-0.4, -0.2) is 30.9 Å². The smallest absolute Gasteiger partial charge is 0.336 e. The summed E-state index contributed by atoms with van der Waals surface area (Å²) < 4.78 is 1.69. The molecule has 0 unspecified atom stereocenters. The summed E-state index contributed by atoms with van der Waals surface area (Å²) in [6.45, 7) is 6.11. The molecule has 6 nitrogen and oxygen atoms in total. The molecule has 0 saturated carbocycles. The van der Waals surface area contributed by atoms with Gasteiger partial charge in [0, 0.05) is 11.0 Å². The minimum atomic E-state index is -0.965. The van der Waals surface area contributed by atoms with E-state index in [1.54, 1.807) is 28.8 Å². The largest absolute Gasteiger partial charge is 0.478 e. The van der Waals surface area contributed by atoms with Crippen LogP contribution in [0.15, 0.2) is 24.3 Å². The van der Waals surface area contributed by atoms with Crippen LogP contribution in [0, 0.1) is 0 Å². The highest BCUT2D eigenvalue weighted by Crippen LogP contribution is 2.30. The summed E-state index contributed by atoms with van der Waals surface area (Å²) in [6.07, 6.45) is 0. The zero-order valence-corrected chi connectivity index (χ0v) is 12.7. The second-order valence-electron chi connectivity index (χ2n) is 5.73. The number of carboxylic acid groups (broad SMARTS) is 1. The van der Waals surface area contributed by atoms with E-state index in [1.165, 1.54) is 11.3 Å². The molecule has 0 aliphatic carbocycles. The third-order valence-corrected chi connectivity index (χ3v) is 3.98. The molecule has 21 heavy (non-hydrogen) atoms. The first-order valence-electron chi connectivity index (χ1n) is 6.43. The Morgan fingerprint density at radius 2 is 1.95 bits per heavy atom. The van der Waals surface area contributed by atoms with Gasteiger partial charge in [0.2, 0.25) is 4.96 Å². The van der Waals surface area contributed by atoms with Crippen molar-refractivity contribution in [2.45, 2.75) is 26.2 Å². The molecule has 3 aromatic rings. The van der Waals surface area contributed by atoms with Gasteiger partial charge in [0.15, 0.2) is 5.82 Å². The van der Waals surface area contributed by atoms with Gasteiger partial charge in [0.25, 0.3) is 0 Å². The van der Waals surface area contributed by atoms with E-state index in [1.807, 2.05) is 20.8 Å². The zero-order valence-electron chi connectivity index (χ0n) is 11.9.